The second-order valence-corrected chi connectivity index (χ2v) is 5.64. The van der Waals surface area contributed by atoms with Crippen LogP contribution in [0.4, 0.5) is 5.69 Å². The molecule has 0 aliphatic carbocycles. The maximum atomic E-state index is 12.2. The lowest BCUT2D eigenvalue weighted by molar-refractivity contribution is -0.116. The molecule has 0 fully saturated rings. The third-order valence-electron chi connectivity index (χ3n) is 3.39. The molecule has 0 aliphatic heterocycles. The Morgan fingerprint density at radius 3 is 2.42 bits per heavy atom. The number of benzene rings is 2. The number of carbonyl (C=O) groups excluding carboxylic acids is 1. The molecule has 2 rings (SSSR count). The number of aryl methyl sites for hydroxylation is 1. The Labute approximate surface area is 147 Å². The van der Waals surface area contributed by atoms with E-state index < -0.39 is 0 Å². The van der Waals surface area contributed by atoms with E-state index in [4.69, 9.17) is 21.1 Å². The molecule has 1 N–H and O–H groups in total. The first kappa shape index (κ1) is 18.1. The average molecular weight is 348 g/mol. The molecule has 0 spiro atoms. The number of halogens is 1. The third-order valence-corrected chi connectivity index (χ3v) is 3.64. The minimum atomic E-state index is -0.0699. The van der Waals surface area contributed by atoms with Crippen molar-refractivity contribution in [2.75, 3.05) is 18.5 Å². The van der Waals surface area contributed by atoms with Crippen LogP contribution in [0.25, 0.3) is 0 Å². The Morgan fingerprint density at radius 2 is 1.75 bits per heavy atom. The molecule has 1 amide bonds. The van der Waals surface area contributed by atoms with Crippen LogP contribution in [0.15, 0.2) is 42.5 Å². The van der Waals surface area contributed by atoms with Crippen molar-refractivity contribution in [3.8, 4) is 11.5 Å². The lowest BCUT2D eigenvalue weighted by atomic mass is 10.1. The summed E-state index contributed by atoms with van der Waals surface area (Å²) in [6.07, 6.45) is 1.03. The van der Waals surface area contributed by atoms with E-state index in [0.717, 1.165) is 5.56 Å². The largest absolute Gasteiger partial charge is 0.494 e. The Morgan fingerprint density at radius 1 is 1.04 bits per heavy atom. The van der Waals surface area contributed by atoms with Gasteiger partial charge in [-0.3, -0.25) is 4.79 Å². The highest BCUT2D eigenvalue weighted by Gasteiger charge is 2.10. The first-order valence-electron chi connectivity index (χ1n) is 8.06. The van der Waals surface area contributed by atoms with Crippen molar-refractivity contribution in [1.29, 1.82) is 0 Å². The van der Waals surface area contributed by atoms with Gasteiger partial charge in [-0.1, -0.05) is 23.7 Å². The van der Waals surface area contributed by atoms with Crippen LogP contribution < -0.4 is 14.8 Å². The predicted octanol–water partition coefficient (Wildman–Crippen LogP) is 4.71. The van der Waals surface area contributed by atoms with Gasteiger partial charge in [-0.15, -0.1) is 0 Å². The number of ether oxygens (including phenoxy) is 2. The van der Waals surface area contributed by atoms with Crippen LogP contribution >= 0.6 is 11.6 Å². The van der Waals surface area contributed by atoms with Crippen LogP contribution in [0, 0.1) is 0 Å². The molecular formula is C19H22ClNO3. The lowest BCUT2D eigenvalue weighted by Crippen LogP contribution is -2.13. The van der Waals surface area contributed by atoms with Crippen LogP contribution in [0.2, 0.25) is 5.02 Å². The monoisotopic (exact) mass is 347 g/mol. The molecule has 0 aromatic heterocycles. The summed E-state index contributed by atoms with van der Waals surface area (Å²) < 4.78 is 11.0. The van der Waals surface area contributed by atoms with Crippen LogP contribution in [-0.2, 0) is 11.2 Å². The van der Waals surface area contributed by atoms with Crippen molar-refractivity contribution in [3.63, 3.8) is 0 Å². The lowest BCUT2D eigenvalue weighted by Gasteiger charge is -2.13. The second-order valence-electron chi connectivity index (χ2n) is 5.20. The molecule has 4 nitrogen and oxygen atoms in total. The normalized spacial score (nSPS) is 10.3. The summed E-state index contributed by atoms with van der Waals surface area (Å²) in [5, 5.41) is 3.60. The fourth-order valence-corrected chi connectivity index (χ4v) is 2.39. The van der Waals surface area contributed by atoms with Gasteiger partial charge >= 0.3 is 0 Å². The summed E-state index contributed by atoms with van der Waals surface area (Å²) >= 11 is 5.86. The fraction of sp³-hybridized carbons (Fsp3) is 0.316. The molecule has 0 radical (unpaired) electrons. The zero-order valence-corrected chi connectivity index (χ0v) is 14.7. The van der Waals surface area contributed by atoms with Crippen molar-refractivity contribution < 1.29 is 14.3 Å². The Hall–Kier alpha value is -2.20. The van der Waals surface area contributed by atoms with E-state index in [-0.39, 0.29) is 5.91 Å². The number of hydrogen-bond acceptors (Lipinski definition) is 3. The van der Waals surface area contributed by atoms with Gasteiger partial charge in [-0.05, 0) is 50.1 Å². The minimum Gasteiger partial charge on any atom is -0.494 e. The Bertz CT molecular complexity index is 671. The topological polar surface area (TPSA) is 47.6 Å². The zero-order chi connectivity index (χ0) is 17.4. The number of anilines is 1. The van der Waals surface area contributed by atoms with Crippen LogP contribution in [0.5, 0.6) is 11.5 Å². The van der Waals surface area contributed by atoms with Gasteiger partial charge in [0.05, 0.1) is 18.9 Å². The standard InChI is InChI=1S/C19H22ClNO3/c1-3-23-16-10-11-18(24-4-2)17(13-16)21-19(22)12-7-14-5-8-15(20)9-6-14/h5-6,8-11,13H,3-4,7,12H2,1-2H3,(H,21,22). The summed E-state index contributed by atoms with van der Waals surface area (Å²) in [4.78, 5) is 12.2. The number of amides is 1. The molecule has 0 aliphatic rings. The molecule has 0 atom stereocenters. The molecule has 2 aromatic carbocycles. The van der Waals surface area contributed by atoms with Crippen molar-refractivity contribution in [2.45, 2.75) is 26.7 Å². The van der Waals surface area contributed by atoms with E-state index in [9.17, 15) is 4.79 Å². The number of carbonyl (C=O) groups is 1. The summed E-state index contributed by atoms with van der Waals surface area (Å²) in [6.45, 7) is 4.92. The molecule has 128 valence electrons. The van der Waals surface area contributed by atoms with Gasteiger partial charge < -0.3 is 14.8 Å². The maximum Gasteiger partial charge on any atom is 0.224 e. The fourth-order valence-electron chi connectivity index (χ4n) is 2.27. The molecule has 5 heteroatoms. The average Bonchev–Trinajstić information content (AvgIpc) is 2.57. The second kappa shape index (κ2) is 9.18. The molecule has 0 saturated heterocycles. The molecule has 2 aromatic rings. The Balaban J connectivity index is 2.00. The molecule has 24 heavy (non-hydrogen) atoms. The highest BCUT2D eigenvalue weighted by Crippen LogP contribution is 2.29. The van der Waals surface area contributed by atoms with Gasteiger partial charge in [0.15, 0.2) is 0 Å². The van der Waals surface area contributed by atoms with Gasteiger partial charge in [0.1, 0.15) is 11.5 Å². The van der Waals surface area contributed by atoms with Crippen molar-refractivity contribution in [2.24, 2.45) is 0 Å². The Kier molecular flexibility index (Phi) is 6.94. The molecule has 0 unspecified atom stereocenters. The van der Waals surface area contributed by atoms with Crippen molar-refractivity contribution in [3.05, 3.63) is 53.1 Å². The summed E-state index contributed by atoms with van der Waals surface area (Å²) in [7, 11) is 0. The van der Waals surface area contributed by atoms with Gasteiger partial charge in [0, 0.05) is 17.5 Å². The molecule has 0 saturated carbocycles. The molecule has 0 heterocycles. The van der Waals surface area contributed by atoms with E-state index in [0.29, 0.717) is 48.3 Å². The zero-order valence-electron chi connectivity index (χ0n) is 14.0. The van der Waals surface area contributed by atoms with Crippen molar-refractivity contribution in [1.82, 2.24) is 0 Å². The molecular weight excluding hydrogens is 326 g/mol. The molecule has 0 bridgehead atoms. The highest BCUT2D eigenvalue weighted by molar-refractivity contribution is 6.30. The maximum absolute atomic E-state index is 12.2. The minimum absolute atomic E-state index is 0.0699. The number of rotatable bonds is 8. The van der Waals surface area contributed by atoms with Gasteiger partial charge in [-0.2, -0.15) is 0 Å². The first-order chi connectivity index (χ1) is 11.6. The predicted molar refractivity (Wildman–Crippen MR) is 97.2 cm³/mol. The SMILES string of the molecule is CCOc1ccc(OCC)c(NC(=O)CCc2ccc(Cl)cc2)c1. The smallest absolute Gasteiger partial charge is 0.224 e. The van der Waals surface area contributed by atoms with Crippen LogP contribution in [0.1, 0.15) is 25.8 Å². The van der Waals surface area contributed by atoms with Crippen LogP contribution in [0.3, 0.4) is 0 Å². The summed E-state index contributed by atoms with van der Waals surface area (Å²) in [5.41, 5.74) is 1.70. The third kappa shape index (κ3) is 5.46. The summed E-state index contributed by atoms with van der Waals surface area (Å²) in [5.74, 6) is 1.27. The van der Waals surface area contributed by atoms with Gasteiger partial charge in [0.2, 0.25) is 5.91 Å². The van der Waals surface area contributed by atoms with E-state index in [2.05, 4.69) is 5.32 Å². The number of nitrogens with one attached hydrogen (secondary N) is 1. The number of hydrogen-bond donors (Lipinski definition) is 1. The van der Waals surface area contributed by atoms with E-state index in [1.54, 1.807) is 6.07 Å². The quantitative estimate of drug-likeness (QED) is 0.752. The summed E-state index contributed by atoms with van der Waals surface area (Å²) in [6, 6.07) is 12.9. The van der Waals surface area contributed by atoms with E-state index in [1.807, 2.05) is 50.2 Å². The highest BCUT2D eigenvalue weighted by atomic mass is 35.5. The first-order valence-corrected chi connectivity index (χ1v) is 8.44. The van der Waals surface area contributed by atoms with E-state index in [1.165, 1.54) is 0 Å². The van der Waals surface area contributed by atoms with E-state index >= 15 is 0 Å². The van der Waals surface area contributed by atoms with Gasteiger partial charge in [0.25, 0.3) is 0 Å². The van der Waals surface area contributed by atoms with Gasteiger partial charge in [-0.25, -0.2) is 0 Å². The van der Waals surface area contributed by atoms with Crippen LogP contribution in [-0.4, -0.2) is 19.1 Å². The van der Waals surface area contributed by atoms with Crippen molar-refractivity contribution >= 4 is 23.2 Å².